The minimum atomic E-state index is -0.411. The molecule has 2 aliphatic rings. The van der Waals surface area contributed by atoms with Crippen molar-refractivity contribution in [3.63, 3.8) is 0 Å². The Hall–Kier alpha value is -1.55. The largest absolute Gasteiger partial charge is 0.462 e. The molecule has 2 unspecified atom stereocenters. The standard InChI is InChI=1S/C22H24ClNO2.ClH/c1-24-18-11-12-19(24)14-20(13-18)26-22(25)21(15-5-3-2-4-6-15)16-7-9-17(23)10-8-16;/h2-10,18-21H,11-14H2,1H3;1H/t18-,19+,20?,21?;. The monoisotopic (exact) mass is 405 g/mol. The molecule has 5 heteroatoms. The lowest BCUT2D eigenvalue weighted by molar-refractivity contribution is -0.153. The van der Waals surface area contributed by atoms with Gasteiger partial charge in [-0.3, -0.25) is 4.79 Å². The van der Waals surface area contributed by atoms with Crippen LogP contribution in [-0.2, 0) is 9.53 Å². The minimum Gasteiger partial charge on any atom is -0.462 e. The highest BCUT2D eigenvalue weighted by Gasteiger charge is 2.40. The summed E-state index contributed by atoms with van der Waals surface area (Å²) in [7, 11) is 2.20. The van der Waals surface area contributed by atoms with Crippen molar-refractivity contribution in [3.8, 4) is 0 Å². The van der Waals surface area contributed by atoms with Gasteiger partial charge in [0.05, 0.1) is 0 Å². The smallest absolute Gasteiger partial charge is 0.318 e. The van der Waals surface area contributed by atoms with Crippen molar-refractivity contribution in [1.82, 2.24) is 4.90 Å². The molecule has 0 amide bonds. The molecule has 2 saturated heterocycles. The number of ether oxygens (including phenoxy) is 1. The summed E-state index contributed by atoms with van der Waals surface area (Å²) in [6.45, 7) is 0. The molecule has 4 atom stereocenters. The molecule has 144 valence electrons. The molecule has 2 aromatic carbocycles. The van der Waals surface area contributed by atoms with Gasteiger partial charge >= 0.3 is 5.97 Å². The van der Waals surface area contributed by atoms with E-state index in [0.29, 0.717) is 17.1 Å². The summed E-state index contributed by atoms with van der Waals surface area (Å²) in [5, 5.41) is 0.667. The second-order valence-corrected chi connectivity index (χ2v) is 7.91. The van der Waals surface area contributed by atoms with Crippen LogP contribution in [0.3, 0.4) is 0 Å². The maximum atomic E-state index is 13.1. The molecule has 2 heterocycles. The van der Waals surface area contributed by atoms with E-state index in [2.05, 4.69) is 11.9 Å². The van der Waals surface area contributed by atoms with Crippen LogP contribution < -0.4 is 0 Å². The van der Waals surface area contributed by atoms with Crippen molar-refractivity contribution in [1.29, 1.82) is 0 Å². The van der Waals surface area contributed by atoms with Crippen molar-refractivity contribution in [2.24, 2.45) is 0 Å². The molecule has 0 aromatic heterocycles. The second kappa shape index (κ2) is 8.64. The van der Waals surface area contributed by atoms with Crippen LogP contribution in [0.5, 0.6) is 0 Å². The fraction of sp³-hybridized carbons (Fsp3) is 0.409. The van der Waals surface area contributed by atoms with E-state index in [0.717, 1.165) is 24.0 Å². The zero-order valence-electron chi connectivity index (χ0n) is 15.4. The normalized spacial score (nSPS) is 25.5. The summed E-state index contributed by atoms with van der Waals surface area (Å²) in [4.78, 5) is 15.6. The van der Waals surface area contributed by atoms with E-state index < -0.39 is 5.92 Å². The second-order valence-electron chi connectivity index (χ2n) is 7.48. The fourth-order valence-electron chi connectivity index (χ4n) is 4.46. The number of piperidine rings is 1. The molecule has 0 spiro atoms. The topological polar surface area (TPSA) is 29.5 Å². The van der Waals surface area contributed by atoms with Crippen LogP contribution >= 0.6 is 24.0 Å². The van der Waals surface area contributed by atoms with Crippen molar-refractivity contribution in [3.05, 3.63) is 70.7 Å². The van der Waals surface area contributed by atoms with Crippen molar-refractivity contribution < 1.29 is 9.53 Å². The lowest BCUT2D eigenvalue weighted by Crippen LogP contribution is -2.43. The Morgan fingerprint density at radius 2 is 1.56 bits per heavy atom. The molecule has 0 aliphatic carbocycles. The maximum Gasteiger partial charge on any atom is 0.318 e. The van der Waals surface area contributed by atoms with Gasteiger partial charge in [0.1, 0.15) is 12.0 Å². The van der Waals surface area contributed by atoms with Gasteiger partial charge in [-0.2, -0.15) is 0 Å². The molecular weight excluding hydrogens is 381 g/mol. The van der Waals surface area contributed by atoms with Crippen LogP contribution in [0.2, 0.25) is 5.02 Å². The Balaban J connectivity index is 0.00000210. The number of hydrogen-bond donors (Lipinski definition) is 0. The molecule has 2 fully saturated rings. The lowest BCUT2D eigenvalue weighted by Gasteiger charge is -2.36. The number of fused-ring (bicyclic) bond motifs is 2. The molecule has 2 aromatic rings. The Morgan fingerprint density at radius 1 is 1.00 bits per heavy atom. The molecular formula is C22H25Cl2NO2. The Labute approximate surface area is 172 Å². The maximum absolute atomic E-state index is 13.1. The van der Waals surface area contributed by atoms with Gasteiger partial charge in [-0.05, 0) is 56.0 Å². The average Bonchev–Trinajstić information content (AvgIpc) is 2.85. The summed E-state index contributed by atoms with van der Waals surface area (Å²) >= 11 is 6.03. The molecule has 0 N–H and O–H groups in total. The van der Waals surface area contributed by atoms with Crippen LogP contribution in [0, 0.1) is 0 Å². The third-order valence-electron chi connectivity index (χ3n) is 5.91. The summed E-state index contributed by atoms with van der Waals surface area (Å²) < 4.78 is 6.02. The highest BCUT2D eigenvalue weighted by Crippen LogP contribution is 2.36. The van der Waals surface area contributed by atoms with Crippen LogP contribution in [0.15, 0.2) is 54.6 Å². The fourth-order valence-corrected chi connectivity index (χ4v) is 4.58. The lowest BCUT2D eigenvalue weighted by atomic mass is 9.91. The van der Waals surface area contributed by atoms with E-state index in [1.165, 1.54) is 12.8 Å². The highest BCUT2D eigenvalue weighted by atomic mass is 35.5. The van der Waals surface area contributed by atoms with Crippen molar-refractivity contribution >= 4 is 30.0 Å². The molecule has 4 rings (SSSR count). The van der Waals surface area contributed by atoms with E-state index in [1.54, 1.807) is 0 Å². The Bertz CT molecular complexity index is 752. The molecule has 0 saturated carbocycles. The van der Waals surface area contributed by atoms with Crippen molar-refractivity contribution in [2.45, 2.75) is 49.8 Å². The first-order valence-electron chi connectivity index (χ1n) is 9.34. The predicted molar refractivity (Wildman–Crippen MR) is 111 cm³/mol. The number of nitrogens with zero attached hydrogens (tertiary/aromatic N) is 1. The number of benzene rings is 2. The van der Waals surface area contributed by atoms with Gasteiger partial charge in [-0.1, -0.05) is 54.1 Å². The number of carbonyl (C=O) groups excluding carboxylic acids is 1. The van der Waals surface area contributed by atoms with Gasteiger partial charge in [0.15, 0.2) is 0 Å². The first kappa shape index (κ1) is 20.2. The van der Waals surface area contributed by atoms with Crippen LogP contribution in [0.1, 0.15) is 42.7 Å². The highest BCUT2D eigenvalue weighted by molar-refractivity contribution is 6.30. The number of rotatable bonds is 4. The minimum absolute atomic E-state index is 0. The molecule has 2 aliphatic heterocycles. The van der Waals surface area contributed by atoms with Gasteiger partial charge < -0.3 is 9.64 Å². The number of halogens is 2. The van der Waals surface area contributed by atoms with Gasteiger partial charge in [0.2, 0.25) is 0 Å². The molecule has 2 bridgehead atoms. The van der Waals surface area contributed by atoms with E-state index in [9.17, 15) is 4.79 Å². The van der Waals surface area contributed by atoms with Crippen LogP contribution in [0.4, 0.5) is 0 Å². The van der Waals surface area contributed by atoms with E-state index in [-0.39, 0.29) is 24.5 Å². The quantitative estimate of drug-likeness (QED) is 0.665. The number of hydrogen-bond acceptors (Lipinski definition) is 3. The number of esters is 1. The van der Waals surface area contributed by atoms with Gasteiger partial charge in [-0.15, -0.1) is 12.4 Å². The third kappa shape index (κ3) is 4.31. The first-order valence-corrected chi connectivity index (χ1v) is 9.72. The average molecular weight is 406 g/mol. The predicted octanol–water partition coefficient (Wildman–Crippen LogP) is 5.06. The summed E-state index contributed by atoms with van der Waals surface area (Å²) in [6.07, 6.45) is 4.35. The van der Waals surface area contributed by atoms with E-state index in [1.807, 2.05) is 54.6 Å². The van der Waals surface area contributed by atoms with Crippen LogP contribution in [-0.4, -0.2) is 36.1 Å². The summed E-state index contributed by atoms with van der Waals surface area (Å²) in [5.74, 6) is -0.571. The number of carbonyl (C=O) groups is 1. The first-order chi connectivity index (χ1) is 12.6. The van der Waals surface area contributed by atoms with E-state index in [4.69, 9.17) is 16.3 Å². The molecule has 3 nitrogen and oxygen atoms in total. The summed E-state index contributed by atoms with van der Waals surface area (Å²) in [6, 6.07) is 18.4. The Morgan fingerprint density at radius 3 is 2.15 bits per heavy atom. The van der Waals surface area contributed by atoms with Crippen molar-refractivity contribution in [2.75, 3.05) is 7.05 Å². The SMILES string of the molecule is CN1[C@@H]2CC[C@H]1CC(OC(=O)C(c1ccccc1)c1ccc(Cl)cc1)C2.Cl. The van der Waals surface area contributed by atoms with Gasteiger partial charge in [-0.25, -0.2) is 0 Å². The molecule has 27 heavy (non-hydrogen) atoms. The van der Waals surface area contributed by atoms with Gasteiger partial charge in [0, 0.05) is 17.1 Å². The molecule has 0 radical (unpaired) electrons. The van der Waals surface area contributed by atoms with Crippen LogP contribution in [0.25, 0.3) is 0 Å². The zero-order chi connectivity index (χ0) is 18.1. The summed E-state index contributed by atoms with van der Waals surface area (Å²) in [5.41, 5.74) is 1.87. The Kier molecular flexibility index (Phi) is 6.46. The zero-order valence-corrected chi connectivity index (χ0v) is 17.0. The van der Waals surface area contributed by atoms with E-state index >= 15 is 0 Å². The van der Waals surface area contributed by atoms with Gasteiger partial charge in [0.25, 0.3) is 0 Å². The third-order valence-corrected chi connectivity index (χ3v) is 6.16.